The molecule has 0 radical (unpaired) electrons. The molecule has 17 heavy (non-hydrogen) atoms. The molecule has 2 heterocycles. The fourth-order valence-corrected chi connectivity index (χ4v) is 2.76. The highest BCUT2D eigenvalue weighted by Gasteiger charge is 2.19. The van der Waals surface area contributed by atoms with Crippen LogP contribution in [0.25, 0.3) is 5.69 Å². The Morgan fingerprint density at radius 1 is 1.29 bits per heavy atom. The number of aromatic nitrogens is 2. The number of benzene rings is 1. The van der Waals surface area contributed by atoms with E-state index < -0.39 is 0 Å². The van der Waals surface area contributed by atoms with E-state index in [1.165, 1.54) is 11.3 Å². The van der Waals surface area contributed by atoms with Crippen LogP contribution in [0.4, 0.5) is 0 Å². The van der Waals surface area contributed by atoms with E-state index in [-0.39, 0.29) is 0 Å². The monoisotopic (exact) mass is 291 g/mol. The second-order valence-electron chi connectivity index (χ2n) is 4.47. The van der Waals surface area contributed by atoms with Gasteiger partial charge in [0.15, 0.2) is 0 Å². The Morgan fingerprint density at radius 3 is 2.94 bits per heavy atom. The number of likely N-dealkylation sites (N-methyl/N-ethyl adjacent to an activating group) is 1. The van der Waals surface area contributed by atoms with Crippen LogP contribution in [0.5, 0.6) is 0 Å². The average molecular weight is 292 g/mol. The number of hydrogen-bond donors (Lipinski definition) is 0. The Labute approximate surface area is 109 Å². The third-order valence-corrected chi connectivity index (χ3v) is 3.88. The lowest BCUT2D eigenvalue weighted by atomic mass is 10.1. The Balaban J connectivity index is 2.09. The first kappa shape index (κ1) is 11.0. The van der Waals surface area contributed by atoms with Crippen LogP contribution in [0, 0.1) is 0 Å². The van der Waals surface area contributed by atoms with Gasteiger partial charge in [-0.1, -0.05) is 12.1 Å². The van der Waals surface area contributed by atoms with Crippen LogP contribution in [0.15, 0.2) is 34.9 Å². The van der Waals surface area contributed by atoms with Gasteiger partial charge in [0.25, 0.3) is 0 Å². The quantitative estimate of drug-likeness (QED) is 0.805. The predicted molar refractivity (Wildman–Crippen MR) is 71.3 cm³/mol. The standard InChI is InChI=1S/C13H14BrN3/c1-16-7-6-12-10(9-16)8-15-17(12)13-5-3-2-4-11(13)14/h2-5,8H,6-7,9H2,1H3. The van der Waals surface area contributed by atoms with Crippen molar-refractivity contribution in [2.75, 3.05) is 13.6 Å². The number of halogens is 1. The molecule has 0 spiro atoms. The van der Waals surface area contributed by atoms with Crippen molar-refractivity contribution in [3.63, 3.8) is 0 Å². The van der Waals surface area contributed by atoms with Gasteiger partial charge in [0.1, 0.15) is 0 Å². The Hall–Kier alpha value is -1.13. The Morgan fingerprint density at radius 2 is 2.12 bits per heavy atom. The highest BCUT2D eigenvalue weighted by molar-refractivity contribution is 9.10. The normalized spacial score (nSPS) is 15.9. The van der Waals surface area contributed by atoms with Gasteiger partial charge < -0.3 is 4.90 Å². The van der Waals surface area contributed by atoms with Gasteiger partial charge in [0, 0.05) is 29.5 Å². The molecule has 2 aromatic rings. The van der Waals surface area contributed by atoms with E-state index >= 15 is 0 Å². The molecule has 1 aromatic heterocycles. The molecule has 3 nitrogen and oxygen atoms in total. The number of para-hydroxylation sites is 1. The average Bonchev–Trinajstić information content (AvgIpc) is 2.72. The maximum Gasteiger partial charge on any atom is 0.0790 e. The van der Waals surface area contributed by atoms with Gasteiger partial charge in [-0.05, 0) is 35.1 Å². The maximum absolute atomic E-state index is 4.52. The summed E-state index contributed by atoms with van der Waals surface area (Å²) >= 11 is 3.59. The summed E-state index contributed by atoms with van der Waals surface area (Å²) in [6.45, 7) is 2.10. The van der Waals surface area contributed by atoms with Gasteiger partial charge >= 0.3 is 0 Å². The van der Waals surface area contributed by atoms with Crippen molar-refractivity contribution in [2.45, 2.75) is 13.0 Å². The lowest BCUT2D eigenvalue weighted by Gasteiger charge is -2.23. The van der Waals surface area contributed by atoms with Crippen molar-refractivity contribution in [3.05, 3.63) is 46.2 Å². The predicted octanol–water partition coefficient (Wildman–Crippen LogP) is 2.62. The van der Waals surface area contributed by atoms with E-state index in [4.69, 9.17) is 0 Å². The zero-order valence-electron chi connectivity index (χ0n) is 9.73. The molecule has 0 fully saturated rings. The van der Waals surface area contributed by atoms with Crippen LogP contribution < -0.4 is 0 Å². The van der Waals surface area contributed by atoms with Gasteiger partial charge in [-0.3, -0.25) is 0 Å². The first-order valence-electron chi connectivity index (χ1n) is 5.75. The topological polar surface area (TPSA) is 21.1 Å². The van der Waals surface area contributed by atoms with Gasteiger partial charge in [-0.15, -0.1) is 0 Å². The minimum absolute atomic E-state index is 1.000. The smallest absolute Gasteiger partial charge is 0.0790 e. The molecule has 1 aliphatic rings. The number of hydrogen-bond acceptors (Lipinski definition) is 2. The van der Waals surface area contributed by atoms with E-state index in [1.807, 2.05) is 18.3 Å². The van der Waals surface area contributed by atoms with Crippen molar-refractivity contribution < 1.29 is 0 Å². The molecule has 3 rings (SSSR count). The first-order valence-corrected chi connectivity index (χ1v) is 6.54. The SMILES string of the molecule is CN1CCc2c(cnn2-c2ccccc2Br)C1. The van der Waals surface area contributed by atoms with Crippen molar-refractivity contribution in [3.8, 4) is 5.69 Å². The van der Waals surface area contributed by atoms with Gasteiger partial charge in [-0.25, -0.2) is 4.68 Å². The number of nitrogens with zero attached hydrogens (tertiary/aromatic N) is 3. The van der Waals surface area contributed by atoms with Crippen molar-refractivity contribution in [1.82, 2.24) is 14.7 Å². The third kappa shape index (κ3) is 1.91. The molecule has 4 heteroatoms. The van der Waals surface area contributed by atoms with E-state index in [2.05, 4.69) is 49.8 Å². The molecule has 0 saturated carbocycles. The van der Waals surface area contributed by atoms with E-state index in [0.29, 0.717) is 0 Å². The molecule has 0 N–H and O–H groups in total. The largest absolute Gasteiger partial charge is 0.302 e. The molecule has 0 amide bonds. The zero-order valence-corrected chi connectivity index (χ0v) is 11.3. The summed E-state index contributed by atoms with van der Waals surface area (Å²) in [5.74, 6) is 0. The van der Waals surface area contributed by atoms with Crippen molar-refractivity contribution in [1.29, 1.82) is 0 Å². The fraction of sp³-hybridized carbons (Fsp3) is 0.308. The summed E-state index contributed by atoms with van der Waals surface area (Å²) in [6.07, 6.45) is 3.05. The lowest BCUT2D eigenvalue weighted by molar-refractivity contribution is 0.310. The van der Waals surface area contributed by atoms with Crippen molar-refractivity contribution in [2.24, 2.45) is 0 Å². The minimum atomic E-state index is 1.000. The summed E-state index contributed by atoms with van der Waals surface area (Å²) < 4.78 is 3.15. The summed E-state index contributed by atoms with van der Waals surface area (Å²) in [4.78, 5) is 2.33. The van der Waals surface area contributed by atoms with E-state index in [0.717, 1.165) is 29.7 Å². The number of fused-ring (bicyclic) bond motifs is 1. The molecular weight excluding hydrogens is 278 g/mol. The highest BCUT2D eigenvalue weighted by atomic mass is 79.9. The van der Waals surface area contributed by atoms with Gasteiger partial charge in [0.2, 0.25) is 0 Å². The molecule has 0 unspecified atom stereocenters. The first-order chi connectivity index (χ1) is 8.25. The molecule has 0 saturated heterocycles. The molecule has 0 bridgehead atoms. The van der Waals surface area contributed by atoms with Crippen LogP contribution in [0.1, 0.15) is 11.3 Å². The minimum Gasteiger partial charge on any atom is -0.302 e. The third-order valence-electron chi connectivity index (χ3n) is 3.21. The molecule has 0 aliphatic carbocycles. The summed E-state index contributed by atoms with van der Waals surface area (Å²) in [6, 6.07) is 8.22. The molecule has 1 aliphatic heterocycles. The van der Waals surface area contributed by atoms with Crippen LogP contribution in [-0.4, -0.2) is 28.3 Å². The zero-order chi connectivity index (χ0) is 11.8. The fourth-order valence-electron chi connectivity index (χ4n) is 2.30. The van der Waals surface area contributed by atoms with Crippen LogP contribution in [0.3, 0.4) is 0 Å². The molecule has 88 valence electrons. The van der Waals surface area contributed by atoms with E-state index in [9.17, 15) is 0 Å². The molecular formula is C13H14BrN3. The Bertz CT molecular complexity index is 547. The lowest BCUT2D eigenvalue weighted by Crippen LogP contribution is -2.27. The second-order valence-corrected chi connectivity index (χ2v) is 5.32. The van der Waals surface area contributed by atoms with Gasteiger partial charge in [0.05, 0.1) is 17.6 Å². The van der Waals surface area contributed by atoms with Crippen molar-refractivity contribution >= 4 is 15.9 Å². The summed E-state index contributed by atoms with van der Waals surface area (Å²) in [7, 11) is 2.15. The second kappa shape index (κ2) is 4.27. The summed E-state index contributed by atoms with van der Waals surface area (Å²) in [5.41, 5.74) is 3.81. The molecule has 1 aromatic carbocycles. The highest BCUT2D eigenvalue weighted by Crippen LogP contribution is 2.25. The van der Waals surface area contributed by atoms with Gasteiger partial charge in [-0.2, -0.15) is 5.10 Å². The maximum atomic E-state index is 4.52. The van der Waals surface area contributed by atoms with E-state index in [1.54, 1.807) is 0 Å². The molecule has 0 atom stereocenters. The van der Waals surface area contributed by atoms with Crippen LogP contribution in [0.2, 0.25) is 0 Å². The van der Waals surface area contributed by atoms with Crippen LogP contribution in [-0.2, 0) is 13.0 Å². The van der Waals surface area contributed by atoms with Crippen LogP contribution >= 0.6 is 15.9 Å². The summed E-state index contributed by atoms with van der Waals surface area (Å²) in [5, 5.41) is 4.52. The number of rotatable bonds is 1. The Kier molecular flexibility index (Phi) is 2.76.